The Morgan fingerprint density at radius 1 is 0.767 bits per heavy atom. The van der Waals surface area contributed by atoms with Crippen molar-refractivity contribution < 1.29 is 14.4 Å². The van der Waals surface area contributed by atoms with Crippen molar-refractivity contribution in [1.29, 1.82) is 0 Å². The molecule has 30 heavy (non-hydrogen) atoms. The van der Waals surface area contributed by atoms with Gasteiger partial charge >= 0.3 is 5.97 Å². The Hall–Kier alpha value is -1.79. The van der Waals surface area contributed by atoms with Crippen LogP contribution in [0.4, 0.5) is 0 Å². The van der Waals surface area contributed by atoms with Crippen molar-refractivity contribution in [3.8, 4) is 0 Å². The van der Waals surface area contributed by atoms with E-state index in [-0.39, 0.29) is 18.4 Å². The van der Waals surface area contributed by atoms with Crippen LogP contribution in [-0.2, 0) is 14.4 Å². The number of amides is 1. The third-order valence-corrected chi connectivity index (χ3v) is 5.00. The van der Waals surface area contributed by atoms with E-state index >= 15 is 0 Å². The van der Waals surface area contributed by atoms with Crippen LogP contribution in [0.2, 0.25) is 0 Å². The van der Waals surface area contributed by atoms with Crippen LogP contribution < -0.4 is 16.5 Å². The minimum absolute atomic E-state index is 0.0649. The Labute approximate surface area is 183 Å². The number of rotatable bonds is 19. The number of carbonyl (C=O) groups is 2. The molecule has 0 radical (unpaired) electrons. The van der Waals surface area contributed by atoms with Gasteiger partial charge in [0.1, 0.15) is 6.54 Å². The van der Waals surface area contributed by atoms with Crippen molar-refractivity contribution >= 4 is 17.8 Å². The minimum atomic E-state index is -0.595. The molecule has 0 saturated heterocycles. The third-order valence-electron chi connectivity index (χ3n) is 5.00. The van der Waals surface area contributed by atoms with Crippen LogP contribution in [0.15, 0.2) is 4.99 Å². The summed E-state index contributed by atoms with van der Waals surface area (Å²) < 4.78 is 0. The molecule has 0 fully saturated rings. The third kappa shape index (κ3) is 20.9. The molecule has 0 aromatic heterocycles. The number of unbranched alkanes of at least 4 members (excludes halogenated alkanes) is 13. The molecule has 0 bridgehead atoms. The number of guanidine groups is 1. The molecule has 0 spiro atoms. The maximum atomic E-state index is 11.8. The fourth-order valence-electron chi connectivity index (χ4n) is 3.10. The lowest BCUT2D eigenvalue weighted by Gasteiger charge is -2.07. The van der Waals surface area contributed by atoms with Gasteiger partial charge in [-0.2, -0.15) is 5.48 Å². The number of nitrogens with one attached hydrogen (secondary N) is 2. The van der Waals surface area contributed by atoms with E-state index in [0.717, 1.165) is 25.7 Å². The highest BCUT2D eigenvalue weighted by atomic mass is 16.7. The van der Waals surface area contributed by atoms with Crippen LogP contribution in [0.3, 0.4) is 0 Å². The van der Waals surface area contributed by atoms with Crippen LogP contribution in [-0.4, -0.2) is 30.9 Å². The highest BCUT2D eigenvalue weighted by Crippen LogP contribution is 2.12. The second-order valence-electron chi connectivity index (χ2n) is 7.97. The normalized spacial score (nSPS) is 11.3. The van der Waals surface area contributed by atoms with E-state index < -0.39 is 5.97 Å². The van der Waals surface area contributed by atoms with Gasteiger partial charge in [0.05, 0.1) is 0 Å². The lowest BCUT2D eigenvalue weighted by atomic mass is 10.0. The summed E-state index contributed by atoms with van der Waals surface area (Å²) in [5.74, 6) is -0.655. The molecule has 4 N–H and O–H groups in total. The molecule has 0 aliphatic heterocycles. The number of hydroxylamine groups is 1. The number of hydrogen-bond donors (Lipinski definition) is 3. The Kier molecular flexibility index (Phi) is 20.6. The molecule has 7 heteroatoms. The number of nitrogens with zero attached hydrogens (tertiary/aromatic N) is 1. The quantitative estimate of drug-likeness (QED) is 0.120. The molecule has 0 atom stereocenters. The molecule has 176 valence electrons. The second-order valence-corrected chi connectivity index (χ2v) is 7.97. The van der Waals surface area contributed by atoms with Crippen LogP contribution in [0.1, 0.15) is 117 Å². The highest BCUT2D eigenvalue weighted by molar-refractivity contribution is 5.83. The Morgan fingerprint density at radius 2 is 1.27 bits per heavy atom. The van der Waals surface area contributed by atoms with Gasteiger partial charge in [-0.15, -0.1) is 0 Å². The number of carbonyl (C=O) groups excluding carboxylic acids is 2. The molecule has 0 unspecified atom stereocenters. The van der Waals surface area contributed by atoms with Crippen LogP contribution in [0.5, 0.6) is 0 Å². The molecule has 0 saturated carbocycles. The topological polar surface area (TPSA) is 106 Å². The van der Waals surface area contributed by atoms with E-state index in [4.69, 9.17) is 10.6 Å². The largest absolute Gasteiger partial charge is 0.368 e. The van der Waals surface area contributed by atoms with Crippen molar-refractivity contribution in [3.05, 3.63) is 0 Å². The van der Waals surface area contributed by atoms with Gasteiger partial charge in [-0.1, -0.05) is 97.3 Å². The van der Waals surface area contributed by atoms with E-state index in [1.54, 1.807) is 0 Å². The fraction of sp³-hybridized carbons (Fsp3) is 0.870. The van der Waals surface area contributed by atoms with E-state index in [2.05, 4.69) is 29.6 Å². The van der Waals surface area contributed by atoms with Gasteiger partial charge < -0.3 is 15.9 Å². The van der Waals surface area contributed by atoms with Crippen molar-refractivity contribution in [2.75, 3.05) is 13.1 Å². The van der Waals surface area contributed by atoms with Crippen molar-refractivity contribution in [1.82, 2.24) is 10.8 Å². The first-order valence-electron chi connectivity index (χ1n) is 12.1. The molecule has 0 aromatic carbocycles. The summed E-state index contributed by atoms with van der Waals surface area (Å²) in [4.78, 5) is 32.1. The number of aliphatic imine (C=N–C) groups is 1. The summed E-state index contributed by atoms with van der Waals surface area (Å²) in [7, 11) is 0. The molecule has 0 aliphatic rings. The fourth-order valence-corrected chi connectivity index (χ4v) is 3.10. The Bertz CT molecular complexity index is 456. The Morgan fingerprint density at radius 3 is 1.80 bits per heavy atom. The molecule has 0 aromatic rings. The predicted octanol–water partition coefficient (Wildman–Crippen LogP) is 4.75. The molecule has 0 aliphatic carbocycles. The average Bonchev–Trinajstić information content (AvgIpc) is 2.74. The van der Waals surface area contributed by atoms with Gasteiger partial charge in [-0.25, -0.2) is 4.79 Å². The standard InChI is InChI=1S/C23H46N4O3/c1-3-5-7-8-9-10-11-12-13-14-15-16-17-18-21(28)26-20-22(29)30-27-23(24)25-19-6-4-2/h3-20H2,1-2H3,(H,26,28)(H3,24,25,27). The SMILES string of the molecule is CCCCCCCCCCCCCCCC(=O)NCC(=O)ONC(N)=NCCCC. The van der Waals surface area contributed by atoms with E-state index in [9.17, 15) is 9.59 Å². The lowest BCUT2D eigenvalue weighted by molar-refractivity contribution is -0.147. The number of hydrogen-bond acceptors (Lipinski definition) is 4. The molecule has 7 nitrogen and oxygen atoms in total. The van der Waals surface area contributed by atoms with E-state index in [1.807, 2.05) is 0 Å². The summed E-state index contributed by atoms with van der Waals surface area (Å²) in [6.45, 7) is 4.72. The maximum absolute atomic E-state index is 11.8. The minimum Gasteiger partial charge on any atom is -0.368 e. The van der Waals surface area contributed by atoms with Crippen molar-refractivity contribution in [3.63, 3.8) is 0 Å². The van der Waals surface area contributed by atoms with Gasteiger partial charge in [-0.05, 0) is 12.8 Å². The summed E-state index contributed by atoms with van der Waals surface area (Å²) in [5.41, 5.74) is 7.84. The molecule has 0 heterocycles. The molecule has 1 amide bonds. The first kappa shape index (κ1) is 28.2. The summed E-state index contributed by atoms with van der Waals surface area (Å²) in [6, 6.07) is 0. The lowest BCUT2D eigenvalue weighted by Crippen LogP contribution is -2.38. The monoisotopic (exact) mass is 426 g/mol. The van der Waals surface area contributed by atoms with Crippen LogP contribution in [0.25, 0.3) is 0 Å². The van der Waals surface area contributed by atoms with Gasteiger partial charge in [-0.3, -0.25) is 9.79 Å². The summed E-state index contributed by atoms with van der Waals surface area (Å²) in [5, 5.41) is 2.57. The second kappa shape index (κ2) is 21.9. The van der Waals surface area contributed by atoms with Gasteiger partial charge in [0.2, 0.25) is 11.9 Å². The zero-order valence-corrected chi connectivity index (χ0v) is 19.5. The van der Waals surface area contributed by atoms with Crippen molar-refractivity contribution in [2.45, 2.75) is 117 Å². The van der Waals surface area contributed by atoms with Gasteiger partial charge in [0.25, 0.3) is 0 Å². The van der Waals surface area contributed by atoms with Crippen LogP contribution in [0, 0.1) is 0 Å². The van der Waals surface area contributed by atoms with Gasteiger partial charge in [0, 0.05) is 13.0 Å². The summed E-state index contributed by atoms with van der Waals surface area (Å²) >= 11 is 0. The highest BCUT2D eigenvalue weighted by Gasteiger charge is 2.07. The van der Waals surface area contributed by atoms with Crippen molar-refractivity contribution in [2.24, 2.45) is 10.7 Å². The predicted molar refractivity (Wildman–Crippen MR) is 124 cm³/mol. The molecular weight excluding hydrogens is 380 g/mol. The zero-order chi connectivity index (χ0) is 22.3. The molecular formula is C23H46N4O3. The number of nitrogens with two attached hydrogens (primary N) is 1. The Balaban J connectivity index is 3.43. The first-order valence-corrected chi connectivity index (χ1v) is 12.1. The average molecular weight is 427 g/mol. The zero-order valence-electron chi connectivity index (χ0n) is 19.5. The van der Waals surface area contributed by atoms with Gasteiger partial charge in [0.15, 0.2) is 0 Å². The molecule has 0 rings (SSSR count). The van der Waals surface area contributed by atoms with E-state index in [1.165, 1.54) is 70.6 Å². The maximum Gasteiger partial charge on any atom is 0.351 e. The summed E-state index contributed by atoms with van der Waals surface area (Å²) in [6.07, 6.45) is 18.9. The van der Waals surface area contributed by atoms with Crippen LogP contribution >= 0.6 is 0 Å². The smallest absolute Gasteiger partial charge is 0.351 e. The first-order chi connectivity index (χ1) is 14.6. The van der Waals surface area contributed by atoms with E-state index in [0.29, 0.717) is 13.0 Å².